The van der Waals surface area contributed by atoms with E-state index in [1.165, 1.54) is 12.1 Å². The number of aliphatic hydroxyl groups excluding tert-OH is 4. The van der Waals surface area contributed by atoms with Gasteiger partial charge in [0.05, 0.1) is 12.2 Å². The topological polar surface area (TPSA) is 190 Å². The minimum Gasteiger partial charge on any atom is -0.508 e. The Kier molecular flexibility index (Phi) is 5.67. The largest absolute Gasteiger partial charge is 0.508 e. The van der Waals surface area contributed by atoms with Gasteiger partial charge in [-0.2, -0.15) is 0 Å². The van der Waals surface area contributed by atoms with Crippen molar-refractivity contribution in [3.63, 3.8) is 0 Å². The van der Waals surface area contributed by atoms with Crippen molar-refractivity contribution in [2.75, 3.05) is 6.61 Å². The summed E-state index contributed by atoms with van der Waals surface area (Å²) >= 11 is 0. The normalized spacial score (nSPS) is 25.7. The van der Waals surface area contributed by atoms with Gasteiger partial charge in [0.2, 0.25) is 11.7 Å². The van der Waals surface area contributed by atoms with Crippen molar-refractivity contribution in [1.29, 1.82) is 0 Å². The fourth-order valence-electron chi connectivity index (χ4n) is 3.52. The molecular formula is C21H20O11. The first-order valence-corrected chi connectivity index (χ1v) is 9.49. The van der Waals surface area contributed by atoms with Gasteiger partial charge < -0.3 is 49.6 Å². The van der Waals surface area contributed by atoms with E-state index in [0.717, 1.165) is 24.5 Å². The highest BCUT2D eigenvalue weighted by molar-refractivity contribution is 5.88. The van der Waals surface area contributed by atoms with Gasteiger partial charge in [0.15, 0.2) is 0 Å². The van der Waals surface area contributed by atoms with Crippen molar-refractivity contribution >= 4 is 11.0 Å². The number of hydrogen-bond donors (Lipinski definition) is 7. The summed E-state index contributed by atoms with van der Waals surface area (Å²) in [5, 5.41) is 68.8. The van der Waals surface area contributed by atoms with Gasteiger partial charge in [0.1, 0.15) is 64.6 Å². The molecule has 0 unspecified atom stereocenters. The van der Waals surface area contributed by atoms with Crippen molar-refractivity contribution in [2.45, 2.75) is 30.7 Å². The number of ether oxygens (including phenoxy) is 2. The van der Waals surface area contributed by atoms with E-state index in [1.807, 2.05) is 0 Å². The van der Waals surface area contributed by atoms with Gasteiger partial charge in [0.25, 0.3) is 0 Å². The Bertz CT molecular complexity index is 1200. The minimum absolute atomic E-state index is 0.00599. The van der Waals surface area contributed by atoms with Crippen LogP contribution in [0.5, 0.6) is 23.0 Å². The lowest BCUT2D eigenvalue weighted by Gasteiger charge is -2.39. The Hall–Kier alpha value is -3.35. The summed E-state index contributed by atoms with van der Waals surface area (Å²) in [5.74, 6) is -1.19. The first kappa shape index (κ1) is 21.9. The summed E-state index contributed by atoms with van der Waals surface area (Å²) in [5.41, 5.74) is -0.718. The molecule has 3 aromatic rings. The van der Waals surface area contributed by atoms with E-state index >= 15 is 0 Å². The molecule has 7 N–H and O–H groups in total. The van der Waals surface area contributed by atoms with Gasteiger partial charge in [0, 0.05) is 23.8 Å². The second kappa shape index (κ2) is 8.30. The van der Waals surface area contributed by atoms with E-state index in [4.69, 9.17) is 13.9 Å². The first-order chi connectivity index (χ1) is 15.2. The fraction of sp³-hybridized carbons (Fsp3) is 0.286. The van der Waals surface area contributed by atoms with E-state index in [2.05, 4.69) is 0 Å². The number of rotatable bonds is 4. The Labute approximate surface area is 179 Å². The van der Waals surface area contributed by atoms with Crippen LogP contribution in [-0.2, 0) is 4.74 Å². The monoisotopic (exact) mass is 448 g/mol. The zero-order chi connectivity index (χ0) is 23.2. The van der Waals surface area contributed by atoms with Crippen LogP contribution >= 0.6 is 0 Å². The Morgan fingerprint density at radius 2 is 1.66 bits per heavy atom. The highest BCUT2D eigenvalue weighted by Crippen LogP contribution is 2.35. The van der Waals surface area contributed by atoms with Crippen LogP contribution in [0, 0.1) is 0 Å². The standard InChI is InChI=1S/C21H20O11/c22-6-15-18(27)19(28)20(29)21(32-15)31-9-1-2-10(12(24)5-9)11-7-30-14-4-8(23)3-13(25)16(14)17(11)26/h1-5,7,15,18-25,27-29H,6H2/t15-,18-,19-,20-,21-/m0/s1. The van der Waals surface area contributed by atoms with E-state index in [9.17, 15) is 40.5 Å². The Morgan fingerprint density at radius 3 is 2.34 bits per heavy atom. The first-order valence-electron chi connectivity index (χ1n) is 9.49. The van der Waals surface area contributed by atoms with Crippen molar-refractivity contribution in [3.05, 3.63) is 46.8 Å². The van der Waals surface area contributed by atoms with Crippen LogP contribution < -0.4 is 10.2 Å². The molecular weight excluding hydrogens is 428 g/mol. The molecule has 5 atom stereocenters. The maximum Gasteiger partial charge on any atom is 0.229 e. The van der Waals surface area contributed by atoms with Crippen LogP contribution in [0.25, 0.3) is 22.1 Å². The number of aromatic hydroxyl groups is 3. The molecule has 170 valence electrons. The summed E-state index contributed by atoms with van der Waals surface area (Å²) in [6, 6.07) is 5.94. The van der Waals surface area contributed by atoms with Crippen LogP contribution in [0.15, 0.2) is 45.8 Å². The number of fused-ring (bicyclic) bond motifs is 1. The molecule has 0 radical (unpaired) electrons. The molecule has 0 aliphatic carbocycles. The molecule has 0 spiro atoms. The van der Waals surface area contributed by atoms with Gasteiger partial charge >= 0.3 is 0 Å². The molecule has 2 heterocycles. The van der Waals surface area contributed by atoms with Gasteiger partial charge in [-0.25, -0.2) is 0 Å². The smallest absolute Gasteiger partial charge is 0.229 e. The number of phenolic OH excluding ortho intramolecular Hbond substituents is 3. The molecule has 0 bridgehead atoms. The maximum absolute atomic E-state index is 12.8. The third-order valence-electron chi connectivity index (χ3n) is 5.20. The molecule has 1 aromatic heterocycles. The molecule has 11 heteroatoms. The molecule has 1 saturated heterocycles. The lowest BCUT2D eigenvalue weighted by molar-refractivity contribution is -0.277. The van der Waals surface area contributed by atoms with Crippen LogP contribution in [0.4, 0.5) is 0 Å². The lowest BCUT2D eigenvalue weighted by Crippen LogP contribution is -2.60. The molecule has 11 nitrogen and oxygen atoms in total. The Morgan fingerprint density at radius 1 is 0.906 bits per heavy atom. The van der Waals surface area contributed by atoms with Crippen LogP contribution in [-0.4, -0.2) is 73.1 Å². The van der Waals surface area contributed by atoms with Gasteiger partial charge in [-0.05, 0) is 12.1 Å². The quantitative estimate of drug-likeness (QED) is 0.279. The average Bonchev–Trinajstić information content (AvgIpc) is 2.74. The fourth-order valence-corrected chi connectivity index (χ4v) is 3.52. The van der Waals surface area contributed by atoms with Gasteiger partial charge in [-0.3, -0.25) is 4.79 Å². The minimum atomic E-state index is -1.64. The zero-order valence-electron chi connectivity index (χ0n) is 16.3. The highest BCUT2D eigenvalue weighted by atomic mass is 16.7. The van der Waals surface area contributed by atoms with Gasteiger partial charge in [-0.1, -0.05) is 0 Å². The zero-order valence-corrected chi connectivity index (χ0v) is 16.3. The molecule has 4 rings (SSSR count). The number of aliphatic hydroxyl groups is 4. The summed E-state index contributed by atoms with van der Waals surface area (Å²) in [7, 11) is 0. The molecule has 1 fully saturated rings. The van der Waals surface area contributed by atoms with Crippen molar-refractivity contribution < 1.29 is 49.6 Å². The average molecular weight is 448 g/mol. The van der Waals surface area contributed by atoms with E-state index < -0.39 is 54.2 Å². The predicted molar refractivity (Wildman–Crippen MR) is 107 cm³/mol. The SMILES string of the molecule is O=c1c(-c2ccc(O[C@H]3O[C@@H](CO)[C@H](O)[C@H](O)[C@@H]3O)cc2O)coc2cc(O)cc(O)c12. The highest BCUT2D eigenvalue weighted by Gasteiger charge is 2.44. The number of benzene rings is 2. The second-order valence-electron chi connectivity index (χ2n) is 7.31. The van der Waals surface area contributed by atoms with E-state index in [1.54, 1.807) is 0 Å². The van der Waals surface area contributed by atoms with E-state index in [0.29, 0.717) is 0 Å². The second-order valence-corrected chi connectivity index (χ2v) is 7.31. The third kappa shape index (κ3) is 3.72. The van der Waals surface area contributed by atoms with Crippen LogP contribution in [0.3, 0.4) is 0 Å². The van der Waals surface area contributed by atoms with Crippen molar-refractivity contribution in [2.24, 2.45) is 0 Å². The van der Waals surface area contributed by atoms with Gasteiger partial charge in [-0.15, -0.1) is 0 Å². The number of hydrogen-bond acceptors (Lipinski definition) is 11. The summed E-state index contributed by atoms with van der Waals surface area (Å²) in [6.45, 7) is -0.628. The molecule has 2 aromatic carbocycles. The number of phenols is 3. The summed E-state index contributed by atoms with van der Waals surface area (Å²) < 4.78 is 16.0. The van der Waals surface area contributed by atoms with Crippen molar-refractivity contribution in [3.8, 4) is 34.1 Å². The predicted octanol–water partition coefficient (Wildman–Crippen LogP) is -0.245. The molecule has 0 amide bonds. The Balaban J connectivity index is 1.65. The van der Waals surface area contributed by atoms with Crippen LogP contribution in [0.2, 0.25) is 0 Å². The molecule has 32 heavy (non-hydrogen) atoms. The summed E-state index contributed by atoms with van der Waals surface area (Å²) in [4.78, 5) is 12.8. The molecule has 1 aliphatic heterocycles. The van der Waals surface area contributed by atoms with Crippen LogP contribution in [0.1, 0.15) is 0 Å². The third-order valence-corrected chi connectivity index (χ3v) is 5.20. The van der Waals surface area contributed by atoms with Crippen molar-refractivity contribution in [1.82, 2.24) is 0 Å². The molecule has 1 aliphatic rings. The van der Waals surface area contributed by atoms with E-state index in [-0.39, 0.29) is 33.6 Å². The molecule has 0 saturated carbocycles. The summed E-state index contributed by atoms with van der Waals surface area (Å²) in [6.07, 6.45) is -6.37. The maximum atomic E-state index is 12.8. The lowest BCUT2D eigenvalue weighted by atomic mass is 9.99.